The van der Waals surface area contributed by atoms with Crippen LogP contribution in [0.15, 0.2) is 42.6 Å². The van der Waals surface area contributed by atoms with Gasteiger partial charge in [0.05, 0.1) is 11.5 Å². The van der Waals surface area contributed by atoms with Gasteiger partial charge < -0.3 is 5.73 Å². The van der Waals surface area contributed by atoms with E-state index in [4.69, 9.17) is 5.73 Å². The molecule has 0 atom stereocenters. The van der Waals surface area contributed by atoms with E-state index in [9.17, 15) is 12.8 Å². The number of nitrogens with two attached hydrogens (primary N) is 1. The summed E-state index contributed by atoms with van der Waals surface area (Å²) in [6.45, 7) is 1.82. The number of pyridine rings is 1. The second kappa shape index (κ2) is 6.37. The fourth-order valence-corrected chi connectivity index (χ4v) is 4.55. The highest BCUT2D eigenvalue weighted by molar-refractivity contribution is 7.91. The Balaban J connectivity index is 1.57. The predicted molar refractivity (Wildman–Crippen MR) is 98.9 cm³/mol. The number of hydrogen-bond donors (Lipinski definition) is 1. The Morgan fingerprint density at radius 1 is 1.12 bits per heavy atom. The molecule has 8 heteroatoms. The number of halogens is 1. The largest absolute Gasteiger partial charge is 0.380 e. The summed E-state index contributed by atoms with van der Waals surface area (Å²) in [6.07, 6.45) is 1.66. The topological polar surface area (TPSA) is 80.7 Å². The minimum atomic E-state index is -2.87. The molecule has 6 nitrogen and oxygen atoms in total. The standard InChI is InChI=1S/C18H19FN4O2S/c19-16-17-15(2-1-7-23(17)21-18(16)20)14-5-3-13(4-6-14)12-22-8-10-26(24,25)11-9-22/h1-7H,8-12H2,(H2,20,21). The van der Waals surface area contributed by atoms with Gasteiger partial charge in [-0.1, -0.05) is 30.3 Å². The lowest BCUT2D eigenvalue weighted by molar-refractivity contribution is 0.287. The Morgan fingerprint density at radius 3 is 2.50 bits per heavy atom. The Bertz CT molecular complexity index is 1050. The molecule has 0 saturated carbocycles. The van der Waals surface area contributed by atoms with E-state index in [0.29, 0.717) is 25.2 Å². The average molecular weight is 374 g/mol. The molecule has 4 rings (SSSR count). The monoisotopic (exact) mass is 374 g/mol. The van der Waals surface area contributed by atoms with Crippen molar-refractivity contribution in [3.63, 3.8) is 0 Å². The quantitative estimate of drug-likeness (QED) is 0.758. The smallest absolute Gasteiger partial charge is 0.193 e. The summed E-state index contributed by atoms with van der Waals surface area (Å²) in [6, 6.07) is 11.5. The number of rotatable bonds is 3. The summed E-state index contributed by atoms with van der Waals surface area (Å²) >= 11 is 0. The number of fused-ring (bicyclic) bond motifs is 1. The first-order chi connectivity index (χ1) is 12.4. The molecule has 0 bridgehead atoms. The molecule has 136 valence electrons. The molecule has 3 heterocycles. The maximum absolute atomic E-state index is 14.3. The highest BCUT2D eigenvalue weighted by Gasteiger charge is 2.21. The molecule has 1 fully saturated rings. The molecule has 0 radical (unpaired) electrons. The molecule has 2 N–H and O–H groups in total. The van der Waals surface area contributed by atoms with E-state index in [2.05, 4.69) is 10.00 Å². The number of anilines is 1. The van der Waals surface area contributed by atoms with Crippen molar-refractivity contribution in [3.8, 4) is 11.1 Å². The number of nitrogen functional groups attached to an aromatic ring is 1. The highest BCUT2D eigenvalue weighted by atomic mass is 32.2. The highest BCUT2D eigenvalue weighted by Crippen LogP contribution is 2.29. The molecule has 1 saturated heterocycles. The lowest BCUT2D eigenvalue weighted by Gasteiger charge is -2.26. The summed E-state index contributed by atoms with van der Waals surface area (Å²) < 4.78 is 38.8. The molecule has 1 aliphatic heterocycles. The van der Waals surface area contributed by atoms with Gasteiger partial charge in [-0.05, 0) is 17.2 Å². The maximum atomic E-state index is 14.3. The molecule has 2 aromatic heterocycles. The van der Waals surface area contributed by atoms with E-state index < -0.39 is 15.7 Å². The van der Waals surface area contributed by atoms with Crippen molar-refractivity contribution in [2.45, 2.75) is 6.54 Å². The van der Waals surface area contributed by atoms with E-state index in [1.807, 2.05) is 30.3 Å². The predicted octanol–water partition coefficient (Wildman–Crippen LogP) is 1.95. The van der Waals surface area contributed by atoms with Gasteiger partial charge in [-0.3, -0.25) is 4.90 Å². The van der Waals surface area contributed by atoms with Crippen molar-refractivity contribution in [1.29, 1.82) is 0 Å². The van der Waals surface area contributed by atoms with Gasteiger partial charge in [-0.15, -0.1) is 5.10 Å². The first kappa shape index (κ1) is 17.0. The Morgan fingerprint density at radius 2 is 1.81 bits per heavy atom. The summed E-state index contributed by atoms with van der Waals surface area (Å²) in [5.74, 6) is -0.197. The van der Waals surface area contributed by atoms with Gasteiger partial charge >= 0.3 is 0 Å². The summed E-state index contributed by atoms with van der Waals surface area (Å²) in [5.41, 5.74) is 8.64. The lowest BCUT2D eigenvalue weighted by atomic mass is 10.0. The molecule has 0 spiro atoms. The van der Waals surface area contributed by atoms with Crippen molar-refractivity contribution in [3.05, 3.63) is 54.0 Å². The lowest BCUT2D eigenvalue weighted by Crippen LogP contribution is -2.39. The molecular formula is C18H19FN4O2S. The fourth-order valence-electron chi connectivity index (χ4n) is 3.27. The maximum Gasteiger partial charge on any atom is 0.193 e. The third kappa shape index (κ3) is 3.17. The van der Waals surface area contributed by atoms with E-state index in [-0.39, 0.29) is 17.3 Å². The third-order valence-electron chi connectivity index (χ3n) is 4.73. The number of sulfone groups is 1. The van der Waals surface area contributed by atoms with Crippen molar-refractivity contribution in [2.24, 2.45) is 0 Å². The van der Waals surface area contributed by atoms with Gasteiger partial charge in [0.1, 0.15) is 5.52 Å². The fraction of sp³-hybridized carbons (Fsp3) is 0.278. The Hall–Kier alpha value is -2.45. The van der Waals surface area contributed by atoms with Crippen molar-refractivity contribution in [2.75, 3.05) is 30.3 Å². The van der Waals surface area contributed by atoms with Crippen LogP contribution in [0.4, 0.5) is 10.2 Å². The van der Waals surface area contributed by atoms with Crippen LogP contribution in [0.2, 0.25) is 0 Å². The number of hydrogen-bond acceptors (Lipinski definition) is 5. The van der Waals surface area contributed by atoms with Crippen LogP contribution in [-0.4, -0.2) is 47.5 Å². The zero-order chi connectivity index (χ0) is 18.3. The van der Waals surface area contributed by atoms with E-state index >= 15 is 0 Å². The van der Waals surface area contributed by atoms with Crippen LogP contribution in [0.3, 0.4) is 0 Å². The molecular weight excluding hydrogens is 355 g/mol. The van der Waals surface area contributed by atoms with Gasteiger partial charge in [0, 0.05) is 31.4 Å². The number of benzene rings is 1. The zero-order valence-electron chi connectivity index (χ0n) is 14.1. The van der Waals surface area contributed by atoms with Crippen molar-refractivity contribution < 1.29 is 12.8 Å². The van der Waals surface area contributed by atoms with Gasteiger partial charge in [0.15, 0.2) is 21.5 Å². The zero-order valence-corrected chi connectivity index (χ0v) is 14.9. The van der Waals surface area contributed by atoms with Crippen LogP contribution < -0.4 is 5.73 Å². The normalized spacial score (nSPS) is 17.6. The van der Waals surface area contributed by atoms with Gasteiger partial charge in [-0.2, -0.15) is 0 Å². The number of aromatic nitrogens is 2. The van der Waals surface area contributed by atoms with Crippen LogP contribution in [0.25, 0.3) is 16.6 Å². The summed E-state index contributed by atoms with van der Waals surface area (Å²) in [5, 5.41) is 3.97. The van der Waals surface area contributed by atoms with E-state index in [1.54, 1.807) is 12.3 Å². The first-order valence-corrected chi connectivity index (χ1v) is 10.2. The van der Waals surface area contributed by atoms with Crippen molar-refractivity contribution >= 4 is 21.2 Å². The Kier molecular flexibility index (Phi) is 4.16. The van der Waals surface area contributed by atoms with E-state index in [0.717, 1.165) is 16.7 Å². The van der Waals surface area contributed by atoms with Gasteiger partial charge in [-0.25, -0.2) is 17.3 Å². The summed E-state index contributed by atoms with van der Waals surface area (Å²) in [4.78, 5) is 2.13. The molecule has 1 aromatic carbocycles. The van der Waals surface area contributed by atoms with Gasteiger partial charge in [0.2, 0.25) is 0 Å². The SMILES string of the molecule is Nc1nn2cccc(-c3ccc(CN4CCS(=O)(=O)CC4)cc3)c2c1F. The molecule has 1 aliphatic rings. The van der Waals surface area contributed by atoms with Gasteiger partial charge in [0.25, 0.3) is 0 Å². The summed E-state index contributed by atoms with van der Waals surface area (Å²) in [7, 11) is -2.87. The third-order valence-corrected chi connectivity index (χ3v) is 6.34. The first-order valence-electron chi connectivity index (χ1n) is 8.37. The molecule has 3 aromatic rings. The van der Waals surface area contributed by atoms with Crippen LogP contribution >= 0.6 is 0 Å². The minimum Gasteiger partial charge on any atom is -0.380 e. The van der Waals surface area contributed by atoms with Crippen LogP contribution in [0.1, 0.15) is 5.56 Å². The molecule has 0 aliphatic carbocycles. The van der Waals surface area contributed by atoms with Crippen LogP contribution in [0.5, 0.6) is 0 Å². The van der Waals surface area contributed by atoms with Crippen LogP contribution in [0, 0.1) is 5.82 Å². The second-order valence-electron chi connectivity index (χ2n) is 6.54. The van der Waals surface area contributed by atoms with Crippen molar-refractivity contribution in [1.82, 2.24) is 14.5 Å². The average Bonchev–Trinajstić information content (AvgIpc) is 2.92. The Labute approximate surface area is 151 Å². The van der Waals surface area contributed by atoms with Crippen LogP contribution in [-0.2, 0) is 16.4 Å². The van der Waals surface area contributed by atoms with E-state index in [1.165, 1.54) is 4.52 Å². The second-order valence-corrected chi connectivity index (χ2v) is 8.84. The number of nitrogens with zero attached hydrogens (tertiary/aromatic N) is 3. The molecule has 0 amide bonds. The molecule has 0 unspecified atom stereocenters. The molecule has 26 heavy (non-hydrogen) atoms. The minimum absolute atomic E-state index is 0.117.